The normalized spacial score (nSPS) is 21.9. The first-order valence-electron chi connectivity index (χ1n) is 8.01. The molecule has 118 valence electrons. The Morgan fingerprint density at radius 2 is 2.10 bits per heavy atom. The first kappa shape index (κ1) is 15.4. The molecule has 2 heterocycles. The summed E-state index contributed by atoms with van der Waals surface area (Å²) in [5, 5.41) is 4.70. The lowest BCUT2D eigenvalue weighted by Gasteiger charge is -2.33. The van der Waals surface area contributed by atoms with E-state index < -0.39 is 0 Å². The van der Waals surface area contributed by atoms with Crippen molar-refractivity contribution < 1.29 is 9.47 Å². The van der Waals surface area contributed by atoms with Crippen molar-refractivity contribution in [3.05, 3.63) is 15.6 Å². The van der Waals surface area contributed by atoms with Crippen LogP contribution in [0, 0.1) is 0 Å². The summed E-state index contributed by atoms with van der Waals surface area (Å²) in [5.74, 6) is 0.688. The number of methoxy groups -OCH3 is 1. The van der Waals surface area contributed by atoms with Crippen molar-refractivity contribution in [3.63, 3.8) is 0 Å². The molecule has 1 aromatic heterocycles. The Labute approximate surface area is 131 Å². The van der Waals surface area contributed by atoms with E-state index in [1.54, 1.807) is 0 Å². The first-order valence-corrected chi connectivity index (χ1v) is 8.82. The highest BCUT2D eigenvalue weighted by atomic mass is 32.1. The molecule has 2 fully saturated rings. The van der Waals surface area contributed by atoms with Crippen molar-refractivity contribution in [2.75, 3.05) is 20.3 Å². The maximum atomic E-state index is 5.91. The van der Waals surface area contributed by atoms with Gasteiger partial charge in [-0.1, -0.05) is 13.8 Å². The van der Waals surface area contributed by atoms with Crippen LogP contribution in [0.5, 0.6) is 0 Å². The molecule has 0 radical (unpaired) electrons. The lowest BCUT2D eigenvalue weighted by atomic mass is 9.95. The van der Waals surface area contributed by atoms with Gasteiger partial charge in [0.2, 0.25) is 0 Å². The van der Waals surface area contributed by atoms with Gasteiger partial charge >= 0.3 is 0 Å². The van der Waals surface area contributed by atoms with Crippen molar-refractivity contribution >= 4 is 11.3 Å². The number of thiazole rings is 1. The van der Waals surface area contributed by atoms with Crippen LogP contribution in [0.4, 0.5) is 0 Å². The maximum absolute atomic E-state index is 5.91. The van der Waals surface area contributed by atoms with Crippen LogP contribution in [0.25, 0.3) is 0 Å². The van der Waals surface area contributed by atoms with Crippen molar-refractivity contribution in [2.24, 2.45) is 0 Å². The van der Waals surface area contributed by atoms with Crippen LogP contribution < -0.4 is 5.32 Å². The van der Waals surface area contributed by atoms with E-state index in [4.69, 9.17) is 14.5 Å². The fraction of sp³-hybridized carbons (Fsp3) is 0.812. The van der Waals surface area contributed by atoms with Gasteiger partial charge < -0.3 is 14.8 Å². The van der Waals surface area contributed by atoms with Crippen LogP contribution in [0.1, 0.15) is 61.0 Å². The molecule has 2 aliphatic rings. The predicted molar refractivity (Wildman–Crippen MR) is 84.8 cm³/mol. The van der Waals surface area contributed by atoms with Crippen LogP contribution in [0.2, 0.25) is 0 Å². The van der Waals surface area contributed by atoms with Gasteiger partial charge in [-0.2, -0.15) is 0 Å². The van der Waals surface area contributed by atoms with Gasteiger partial charge in [0.25, 0.3) is 0 Å². The van der Waals surface area contributed by atoms with Gasteiger partial charge in [0.15, 0.2) is 0 Å². The summed E-state index contributed by atoms with van der Waals surface area (Å²) in [4.78, 5) is 6.42. The maximum Gasteiger partial charge on any atom is 0.125 e. The summed E-state index contributed by atoms with van der Waals surface area (Å²) in [7, 11) is 1.82. The molecule has 21 heavy (non-hydrogen) atoms. The molecule has 3 rings (SSSR count). The van der Waals surface area contributed by atoms with Gasteiger partial charge in [0.05, 0.1) is 5.69 Å². The smallest absolute Gasteiger partial charge is 0.125 e. The number of rotatable bonds is 6. The molecule has 1 aliphatic heterocycles. The van der Waals surface area contributed by atoms with Crippen LogP contribution in [-0.2, 0) is 21.6 Å². The predicted octanol–water partition coefficient (Wildman–Crippen LogP) is 3.17. The Balaban J connectivity index is 1.86. The molecule has 0 spiro atoms. The zero-order chi connectivity index (χ0) is 14.9. The molecule has 4 nitrogen and oxygen atoms in total. The van der Waals surface area contributed by atoms with Crippen LogP contribution in [-0.4, -0.2) is 31.3 Å². The third-order valence-electron chi connectivity index (χ3n) is 4.44. The number of hydrogen-bond acceptors (Lipinski definition) is 5. The molecule has 5 heteroatoms. The minimum atomic E-state index is -0.220. The number of hydrogen-bond donors (Lipinski definition) is 1. The first-order chi connectivity index (χ1) is 10.1. The zero-order valence-electron chi connectivity index (χ0n) is 13.3. The fourth-order valence-electron chi connectivity index (χ4n) is 2.86. The number of nitrogens with zero attached hydrogens (tertiary/aromatic N) is 1. The monoisotopic (exact) mass is 310 g/mol. The lowest BCUT2D eigenvalue weighted by molar-refractivity contribution is -0.0948. The Kier molecular flexibility index (Phi) is 4.64. The summed E-state index contributed by atoms with van der Waals surface area (Å²) >= 11 is 1.85. The fourth-order valence-corrected chi connectivity index (χ4v) is 4.19. The third kappa shape index (κ3) is 3.31. The number of ether oxygens (including phenoxy) is 2. The van der Waals surface area contributed by atoms with E-state index in [-0.39, 0.29) is 5.60 Å². The molecular weight excluding hydrogens is 284 g/mol. The van der Waals surface area contributed by atoms with Crippen molar-refractivity contribution in [1.82, 2.24) is 10.3 Å². The summed E-state index contributed by atoms with van der Waals surface area (Å²) in [5.41, 5.74) is 1.11. The summed E-state index contributed by atoms with van der Waals surface area (Å²) in [6.07, 6.45) is 4.41. The molecule has 1 aromatic rings. The van der Waals surface area contributed by atoms with Crippen molar-refractivity contribution in [2.45, 2.75) is 63.6 Å². The second-order valence-corrected chi connectivity index (χ2v) is 7.53. The molecule has 0 bridgehead atoms. The third-order valence-corrected chi connectivity index (χ3v) is 5.70. The molecule has 1 saturated carbocycles. The Bertz CT molecular complexity index is 477. The van der Waals surface area contributed by atoms with Crippen molar-refractivity contribution in [3.8, 4) is 0 Å². The highest BCUT2D eigenvalue weighted by Crippen LogP contribution is 2.46. The minimum absolute atomic E-state index is 0.220. The highest BCUT2D eigenvalue weighted by molar-refractivity contribution is 7.11. The highest BCUT2D eigenvalue weighted by Gasteiger charge is 2.40. The van der Waals surface area contributed by atoms with Gasteiger partial charge in [-0.3, -0.25) is 0 Å². The van der Waals surface area contributed by atoms with Gasteiger partial charge in [0.1, 0.15) is 10.6 Å². The van der Waals surface area contributed by atoms with Gasteiger partial charge in [-0.05, 0) is 12.8 Å². The molecule has 0 unspecified atom stereocenters. The van der Waals surface area contributed by atoms with E-state index in [2.05, 4.69) is 19.2 Å². The zero-order valence-corrected chi connectivity index (χ0v) is 14.1. The summed E-state index contributed by atoms with van der Waals surface area (Å²) < 4.78 is 11.4. The molecule has 1 saturated heterocycles. The quantitative estimate of drug-likeness (QED) is 0.876. The van der Waals surface area contributed by atoms with Gasteiger partial charge in [-0.15, -0.1) is 11.3 Å². The molecule has 1 aliphatic carbocycles. The molecular formula is C16H26N2O2S. The van der Waals surface area contributed by atoms with E-state index in [0.717, 1.165) is 37.6 Å². The van der Waals surface area contributed by atoms with E-state index in [0.29, 0.717) is 12.0 Å². The Morgan fingerprint density at radius 3 is 2.67 bits per heavy atom. The molecule has 0 atom stereocenters. The van der Waals surface area contributed by atoms with Crippen LogP contribution in [0.15, 0.2) is 0 Å². The minimum Gasteiger partial charge on any atom is -0.381 e. The summed E-state index contributed by atoms with van der Waals surface area (Å²) in [6.45, 7) is 6.84. The second-order valence-electron chi connectivity index (χ2n) is 6.45. The SMILES string of the molecule is COC1(c2nc(C3CC3)c(CNC(C)C)s2)CCOCC1. The van der Waals surface area contributed by atoms with Crippen LogP contribution in [0.3, 0.4) is 0 Å². The molecule has 0 amide bonds. The van der Waals surface area contributed by atoms with Crippen LogP contribution >= 0.6 is 11.3 Å². The number of nitrogens with one attached hydrogen (secondary N) is 1. The van der Waals surface area contributed by atoms with E-state index in [1.807, 2.05) is 18.4 Å². The Morgan fingerprint density at radius 1 is 1.38 bits per heavy atom. The topological polar surface area (TPSA) is 43.4 Å². The standard InChI is InChI=1S/C16H26N2O2S/c1-11(2)17-10-13-14(12-4-5-12)18-15(21-13)16(19-3)6-8-20-9-7-16/h11-12,17H,4-10H2,1-3H3. The molecule has 1 N–H and O–H groups in total. The Hall–Kier alpha value is -0.490. The summed E-state index contributed by atoms with van der Waals surface area (Å²) in [6, 6.07) is 0.502. The average Bonchev–Trinajstić information content (AvgIpc) is 3.25. The van der Waals surface area contributed by atoms with E-state index in [1.165, 1.54) is 23.4 Å². The lowest BCUT2D eigenvalue weighted by Crippen LogP contribution is -2.35. The van der Waals surface area contributed by atoms with E-state index >= 15 is 0 Å². The van der Waals surface area contributed by atoms with Gasteiger partial charge in [-0.25, -0.2) is 4.98 Å². The second kappa shape index (κ2) is 6.32. The van der Waals surface area contributed by atoms with Gasteiger partial charge in [0, 0.05) is 56.5 Å². The average molecular weight is 310 g/mol. The van der Waals surface area contributed by atoms with Crippen molar-refractivity contribution in [1.29, 1.82) is 0 Å². The largest absolute Gasteiger partial charge is 0.381 e. The molecule has 0 aromatic carbocycles. The number of aromatic nitrogens is 1. The van der Waals surface area contributed by atoms with E-state index in [9.17, 15) is 0 Å².